The van der Waals surface area contributed by atoms with Gasteiger partial charge in [-0.2, -0.15) is 5.26 Å². The Balaban J connectivity index is 2.15. The van der Waals surface area contributed by atoms with Gasteiger partial charge in [-0.25, -0.2) is 9.67 Å². The number of aromatic nitrogens is 4. The van der Waals surface area contributed by atoms with E-state index in [4.69, 9.17) is 9.78 Å². The van der Waals surface area contributed by atoms with Gasteiger partial charge in [-0.15, -0.1) is 5.10 Å². The number of hydrogen-bond acceptors (Lipinski definition) is 5. The average molecular weight is 189 g/mol. The average Bonchev–Trinajstić information content (AvgIpc) is 2.76. The quantitative estimate of drug-likeness (QED) is 0.686. The van der Waals surface area contributed by atoms with Crippen LogP contribution in [0.1, 0.15) is 17.3 Å². The molecule has 0 saturated heterocycles. The molecule has 0 fully saturated rings. The molecule has 2 aromatic heterocycles. The summed E-state index contributed by atoms with van der Waals surface area (Å²) in [6.45, 7) is 2.28. The van der Waals surface area contributed by atoms with Crippen molar-refractivity contribution < 1.29 is 4.52 Å². The number of hydrogen-bond donors (Lipinski definition) is 0. The van der Waals surface area contributed by atoms with E-state index >= 15 is 0 Å². The highest BCUT2D eigenvalue weighted by Crippen LogP contribution is 2.02. The zero-order valence-corrected chi connectivity index (χ0v) is 7.51. The predicted molar refractivity (Wildman–Crippen MR) is 45.1 cm³/mol. The molecule has 0 atom stereocenters. The van der Waals surface area contributed by atoms with Crippen molar-refractivity contribution in [1.29, 1.82) is 5.26 Å². The topological polar surface area (TPSA) is 80.5 Å². The first kappa shape index (κ1) is 8.44. The minimum absolute atomic E-state index is 0.158. The van der Waals surface area contributed by atoms with Gasteiger partial charge in [0.15, 0.2) is 0 Å². The Kier molecular flexibility index (Phi) is 1.99. The lowest BCUT2D eigenvalue weighted by molar-refractivity contribution is 0.387. The van der Waals surface area contributed by atoms with Gasteiger partial charge in [0.25, 0.3) is 5.82 Å². The Morgan fingerprint density at radius 3 is 3.07 bits per heavy atom. The van der Waals surface area contributed by atoms with E-state index in [9.17, 15) is 0 Å². The lowest BCUT2D eigenvalue weighted by atomic mass is 10.4. The normalized spacial score (nSPS) is 10.0. The van der Waals surface area contributed by atoms with Crippen molar-refractivity contribution in [3.63, 3.8) is 0 Å². The Morgan fingerprint density at radius 2 is 2.50 bits per heavy atom. The largest absolute Gasteiger partial charge is 0.361 e. The van der Waals surface area contributed by atoms with Gasteiger partial charge in [0.1, 0.15) is 23.9 Å². The minimum Gasteiger partial charge on any atom is -0.361 e. The molecule has 6 heteroatoms. The van der Waals surface area contributed by atoms with Crippen LogP contribution in [0.25, 0.3) is 0 Å². The van der Waals surface area contributed by atoms with Crippen molar-refractivity contribution in [2.45, 2.75) is 13.5 Å². The summed E-state index contributed by atoms with van der Waals surface area (Å²) in [6, 6.07) is 3.66. The van der Waals surface area contributed by atoms with Gasteiger partial charge in [-0.3, -0.25) is 0 Å². The molecule has 0 saturated carbocycles. The standard InChI is InChI=1S/C8H7N5O/c1-6-2-7(12-14-6)4-13-5-10-8(3-9)11-13/h2,5H,4H2,1H3. The van der Waals surface area contributed by atoms with Gasteiger partial charge >= 0.3 is 0 Å². The van der Waals surface area contributed by atoms with E-state index in [1.165, 1.54) is 11.0 Å². The molecule has 0 bridgehead atoms. The van der Waals surface area contributed by atoms with Crippen molar-refractivity contribution >= 4 is 0 Å². The van der Waals surface area contributed by atoms with Crippen molar-refractivity contribution in [3.8, 4) is 6.07 Å². The van der Waals surface area contributed by atoms with Crippen LogP contribution < -0.4 is 0 Å². The number of nitriles is 1. The molecule has 0 amide bonds. The van der Waals surface area contributed by atoms with Crippen LogP contribution >= 0.6 is 0 Å². The molecule has 0 unspecified atom stereocenters. The Bertz CT molecular complexity index is 478. The van der Waals surface area contributed by atoms with Gasteiger partial charge in [0, 0.05) is 6.07 Å². The molecule has 0 N–H and O–H groups in total. The highest BCUT2D eigenvalue weighted by Gasteiger charge is 2.03. The molecule has 70 valence electrons. The zero-order chi connectivity index (χ0) is 9.97. The molecule has 0 aliphatic rings. The SMILES string of the molecule is Cc1cc(Cn2cnc(C#N)n2)no1. The monoisotopic (exact) mass is 189 g/mol. The summed E-state index contributed by atoms with van der Waals surface area (Å²) in [5, 5.41) is 16.2. The van der Waals surface area contributed by atoms with E-state index in [2.05, 4.69) is 15.2 Å². The maximum absolute atomic E-state index is 8.50. The van der Waals surface area contributed by atoms with Crippen LogP contribution in [0.4, 0.5) is 0 Å². The van der Waals surface area contributed by atoms with Crippen LogP contribution in [0.15, 0.2) is 16.9 Å². The predicted octanol–water partition coefficient (Wildman–Crippen LogP) is 0.494. The third-order valence-electron chi connectivity index (χ3n) is 1.64. The molecule has 14 heavy (non-hydrogen) atoms. The summed E-state index contributed by atoms with van der Waals surface area (Å²) >= 11 is 0. The summed E-state index contributed by atoms with van der Waals surface area (Å²) < 4.78 is 6.43. The second-order valence-electron chi connectivity index (χ2n) is 2.81. The highest BCUT2D eigenvalue weighted by molar-refractivity contribution is 5.07. The van der Waals surface area contributed by atoms with Crippen LogP contribution in [-0.4, -0.2) is 19.9 Å². The van der Waals surface area contributed by atoms with Crippen molar-refractivity contribution in [2.24, 2.45) is 0 Å². The first-order valence-electron chi connectivity index (χ1n) is 3.99. The van der Waals surface area contributed by atoms with Crippen LogP contribution in [0.3, 0.4) is 0 Å². The van der Waals surface area contributed by atoms with E-state index in [-0.39, 0.29) is 5.82 Å². The summed E-state index contributed by atoms with van der Waals surface area (Å²) in [5.41, 5.74) is 0.761. The van der Waals surface area contributed by atoms with Crippen LogP contribution in [-0.2, 0) is 6.54 Å². The van der Waals surface area contributed by atoms with E-state index < -0.39 is 0 Å². The Labute approximate surface area is 79.8 Å². The second-order valence-corrected chi connectivity index (χ2v) is 2.81. The Morgan fingerprint density at radius 1 is 1.64 bits per heavy atom. The fraction of sp³-hybridized carbons (Fsp3) is 0.250. The third-order valence-corrected chi connectivity index (χ3v) is 1.64. The molecular formula is C8H7N5O. The van der Waals surface area contributed by atoms with Crippen molar-refractivity contribution in [2.75, 3.05) is 0 Å². The van der Waals surface area contributed by atoms with Crippen LogP contribution in [0, 0.1) is 18.3 Å². The first-order valence-corrected chi connectivity index (χ1v) is 3.99. The van der Waals surface area contributed by atoms with Crippen LogP contribution in [0.2, 0.25) is 0 Å². The number of nitrogens with zero attached hydrogens (tertiary/aromatic N) is 5. The zero-order valence-electron chi connectivity index (χ0n) is 7.51. The maximum atomic E-state index is 8.50. The molecule has 0 aromatic carbocycles. The molecule has 2 rings (SSSR count). The summed E-state index contributed by atoms with van der Waals surface area (Å²) in [5.74, 6) is 0.908. The molecule has 2 heterocycles. The summed E-state index contributed by atoms with van der Waals surface area (Å²) in [6.07, 6.45) is 1.49. The highest BCUT2D eigenvalue weighted by atomic mass is 16.5. The third kappa shape index (κ3) is 1.61. The lowest BCUT2D eigenvalue weighted by Gasteiger charge is -1.92. The fourth-order valence-electron chi connectivity index (χ4n) is 1.08. The smallest absolute Gasteiger partial charge is 0.252 e. The maximum Gasteiger partial charge on any atom is 0.252 e. The van der Waals surface area contributed by atoms with E-state index in [0.717, 1.165) is 11.5 Å². The van der Waals surface area contributed by atoms with Crippen LogP contribution in [0.5, 0.6) is 0 Å². The molecular weight excluding hydrogens is 182 g/mol. The van der Waals surface area contributed by atoms with Crippen molar-refractivity contribution in [1.82, 2.24) is 19.9 Å². The molecule has 2 aromatic rings. The molecule has 0 aliphatic carbocycles. The van der Waals surface area contributed by atoms with Crippen molar-refractivity contribution in [3.05, 3.63) is 29.7 Å². The van der Waals surface area contributed by atoms with Gasteiger partial charge < -0.3 is 4.52 Å². The van der Waals surface area contributed by atoms with Gasteiger partial charge in [0.2, 0.25) is 0 Å². The first-order chi connectivity index (χ1) is 6.78. The molecule has 6 nitrogen and oxygen atoms in total. The van der Waals surface area contributed by atoms with E-state index in [0.29, 0.717) is 6.54 Å². The lowest BCUT2D eigenvalue weighted by Crippen LogP contribution is -2.00. The molecule has 0 spiro atoms. The van der Waals surface area contributed by atoms with Gasteiger partial charge in [0.05, 0.1) is 6.54 Å². The number of rotatable bonds is 2. The molecule has 0 radical (unpaired) electrons. The molecule has 0 aliphatic heterocycles. The summed E-state index contributed by atoms with van der Waals surface area (Å²) in [7, 11) is 0. The fourth-order valence-corrected chi connectivity index (χ4v) is 1.08. The number of aryl methyl sites for hydroxylation is 1. The second kappa shape index (κ2) is 3.30. The Hall–Kier alpha value is -2.16. The van der Waals surface area contributed by atoms with E-state index in [1.54, 1.807) is 0 Å². The minimum atomic E-state index is 0.158. The van der Waals surface area contributed by atoms with Gasteiger partial charge in [-0.05, 0) is 6.92 Å². The van der Waals surface area contributed by atoms with Gasteiger partial charge in [-0.1, -0.05) is 5.16 Å². The van der Waals surface area contributed by atoms with E-state index in [1.807, 2.05) is 19.1 Å². The summed E-state index contributed by atoms with van der Waals surface area (Å²) in [4.78, 5) is 3.77.